The Balaban J connectivity index is 2.34. The van der Waals surface area contributed by atoms with Gasteiger partial charge in [0.25, 0.3) is 0 Å². The first kappa shape index (κ1) is 24.2. The van der Waals surface area contributed by atoms with Crippen molar-refractivity contribution in [1.29, 1.82) is 0 Å². The minimum atomic E-state index is -0.568. The van der Waals surface area contributed by atoms with E-state index in [0.717, 1.165) is 28.7 Å². The lowest BCUT2D eigenvalue weighted by Gasteiger charge is -2.31. The molecule has 0 saturated heterocycles. The number of carbonyl (C=O) groups excluding carboxylic acids is 2. The lowest BCUT2D eigenvalue weighted by atomic mass is 10.0. The van der Waals surface area contributed by atoms with E-state index in [2.05, 4.69) is 11.4 Å². The van der Waals surface area contributed by atoms with E-state index in [0.29, 0.717) is 23.0 Å². The number of carbonyl (C=O) groups is 2. The van der Waals surface area contributed by atoms with Crippen LogP contribution in [0.3, 0.4) is 0 Å². The molecule has 0 aliphatic carbocycles. The maximum Gasteiger partial charge on any atom is 0.242 e. The van der Waals surface area contributed by atoms with Gasteiger partial charge in [0.2, 0.25) is 11.8 Å². The van der Waals surface area contributed by atoms with E-state index in [1.165, 1.54) is 0 Å². The van der Waals surface area contributed by atoms with Gasteiger partial charge in [0.05, 0.1) is 6.42 Å². The normalized spacial score (nSPS) is 11.8. The van der Waals surface area contributed by atoms with Crippen molar-refractivity contribution in [2.75, 3.05) is 6.54 Å². The molecule has 0 bridgehead atoms. The fourth-order valence-electron chi connectivity index (χ4n) is 3.57. The van der Waals surface area contributed by atoms with Crippen LogP contribution >= 0.6 is 23.2 Å². The van der Waals surface area contributed by atoms with E-state index < -0.39 is 6.04 Å². The van der Waals surface area contributed by atoms with Crippen LogP contribution in [0.2, 0.25) is 10.0 Å². The summed E-state index contributed by atoms with van der Waals surface area (Å²) in [6.45, 7) is 8.76. The molecule has 2 aromatic carbocycles. The molecule has 0 radical (unpaired) electrons. The highest BCUT2D eigenvalue weighted by Crippen LogP contribution is 2.24. The summed E-state index contributed by atoms with van der Waals surface area (Å²) in [4.78, 5) is 27.8. The van der Waals surface area contributed by atoms with E-state index in [1.807, 2.05) is 39.8 Å². The van der Waals surface area contributed by atoms with Crippen molar-refractivity contribution in [3.8, 4) is 0 Å². The Labute approximate surface area is 189 Å². The first-order valence-electron chi connectivity index (χ1n) is 10.3. The third-order valence-electron chi connectivity index (χ3n) is 4.93. The van der Waals surface area contributed by atoms with Crippen LogP contribution in [0.15, 0.2) is 36.4 Å². The largest absolute Gasteiger partial charge is 0.354 e. The van der Waals surface area contributed by atoms with Crippen molar-refractivity contribution in [3.05, 3.63) is 68.7 Å². The second-order valence-electron chi connectivity index (χ2n) is 7.65. The van der Waals surface area contributed by atoms with Crippen LogP contribution in [0.5, 0.6) is 0 Å². The zero-order valence-corrected chi connectivity index (χ0v) is 19.6. The Morgan fingerprint density at radius 3 is 2.27 bits per heavy atom. The van der Waals surface area contributed by atoms with E-state index in [-0.39, 0.29) is 24.8 Å². The first-order valence-corrected chi connectivity index (χ1v) is 11.1. The molecule has 1 N–H and O–H groups in total. The molecule has 4 nitrogen and oxygen atoms in total. The zero-order chi connectivity index (χ0) is 22.3. The van der Waals surface area contributed by atoms with Crippen LogP contribution in [0, 0.1) is 13.8 Å². The number of hydrogen-bond donors (Lipinski definition) is 1. The molecule has 0 fully saturated rings. The van der Waals surface area contributed by atoms with Gasteiger partial charge < -0.3 is 10.2 Å². The maximum atomic E-state index is 13.4. The minimum absolute atomic E-state index is 0.107. The molecule has 1 atom stereocenters. The van der Waals surface area contributed by atoms with Crippen molar-refractivity contribution < 1.29 is 9.59 Å². The van der Waals surface area contributed by atoms with Gasteiger partial charge in [0, 0.05) is 23.1 Å². The fourth-order valence-corrected chi connectivity index (χ4v) is 4.03. The zero-order valence-electron chi connectivity index (χ0n) is 18.1. The van der Waals surface area contributed by atoms with Crippen molar-refractivity contribution >= 4 is 35.0 Å². The van der Waals surface area contributed by atoms with Gasteiger partial charge in [-0.05, 0) is 49.9 Å². The third kappa shape index (κ3) is 6.75. The summed E-state index contributed by atoms with van der Waals surface area (Å²) in [6, 6.07) is 10.7. The molecular formula is C24H30Cl2N2O2. The van der Waals surface area contributed by atoms with Gasteiger partial charge in [0.15, 0.2) is 0 Å². The number of rotatable bonds is 9. The molecule has 0 spiro atoms. The molecule has 0 saturated carbocycles. The molecule has 0 aromatic heterocycles. The summed E-state index contributed by atoms with van der Waals surface area (Å²) in [5, 5.41) is 3.94. The number of benzene rings is 2. The lowest BCUT2D eigenvalue weighted by molar-refractivity contribution is -0.140. The smallest absolute Gasteiger partial charge is 0.242 e. The second kappa shape index (κ2) is 11.4. The summed E-state index contributed by atoms with van der Waals surface area (Å²) >= 11 is 12.4. The molecule has 2 amide bonds. The second-order valence-corrected chi connectivity index (χ2v) is 8.49. The summed E-state index contributed by atoms with van der Waals surface area (Å²) < 4.78 is 0. The lowest BCUT2D eigenvalue weighted by Crippen LogP contribution is -2.49. The molecule has 162 valence electrons. The van der Waals surface area contributed by atoms with Crippen molar-refractivity contribution in [2.45, 2.75) is 59.5 Å². The van der Waals surface area contributed by atoms with Gasteiger partial charge in [-0.15, -0.1) is 0 Å². The van der Waals surface area contributed by atoms with E-state index in [4.69, 9.17) is 23.2 Å². The quantitative estimate of drug-likeness (QED) is 0.551. The van der Waals surface area contributed by atoms with Gasteiger partial charge in [-0.2, -0.15) is 0 Å². The van der Waals surface area contributed by atoms with E-state index >= 15 is 0 Å². The summed E-state index contributed by atoms with van der Waals surface area (Å²) in [7, 11) is 0. The number of nitrogens with zero attached hydrogens (tertiary/aromatic N) is 1. The maximum absolute atomic E-state index is 13.4. The topological polar surface area (TPSA) is 49.4 Å². The van der Waals surface area contributed by atoms with E-state index in [9.17, 15) is 9.59 Å². The molecule has 0 unspecified atom stereocenters. The highest BCUT2D eigenvalue weighted by atomic mass is 35.5. The van der Waals surface area contributed by atoms with Crippen molar-refractivity contribution in [1.82, 2.24) is 10.2 Å². The predicted molar refractivity (Wildman–Crippen MR) is 124 cm³/mol. The minimum Gasteiger partial charge on any atom is -0.354 e. The number of hydrogen-bond acceptors (Lipinski definition) is 2. The summed E-state index contributed by atoms with van der Waals surface area (Å²) in [5.74, 6) is -0.247. The van der Waals surface area contributed by atoms with Gasteiger partial charge in [-0.3, -0.25) is 9.59 Å². The predicted octanol–water partition coefficient (Wildman–Crippen LogP) is 5.49. The van der Waals surface area contributed by atoms with Gasteiger partial charge in [-0.1, -0.05) is 72.4 Å². The molecule has 0 heterocycles. The number of halogens is 2. The summed E-state index contributed by atoms with van der Waals surface area (Å²) in [6.07, 6.45) is 1.58. The van der Waals surface area contributed by atoms with Gasteiger partial charge >= 0.3 is 0 Å². The highest BCUT2D eigenvalue weighted by Gasteiger charge is 2.29. The van der Waals surface area contributed by atoms with Crippen molar-refractivity contribution in [2.24, 2.45) is 0 Å². The molecule has 2 aromatic rings. The Hall–Kier alpha value is -2.04. The average Bonchev–Trinajstić information content (AvgIpc) is 2.66. The Kier molecular flexibility index (Phi) is 9.19. The highest BCUT2D eigenvalue weighted by molar-refractivity contribution is 6.35. The fraction of sp³-hybridized carbons (Fsp3) is 0.417. The molecule has 0 aliphatic heterocycles. The van der Waals surface area contributed by atoms with Crippen LogP contribution < -0.4 is 5.32 Å². The standard InChI is InChI=1S/C24H30Cl2N2O2/c1-5-9-27-24(30)22(6-2)28(15-19-7-8-20(25)14-21(19)26)23(29)13-18-11-16(3)10-17(4)12-18/h7-8,10-12,14,22H,5-6,9,13,15H2,1-4H3,(H,27,30)/t22-/m1/s1. The van der Waals surface area contributed by atoms with Crippen molar-refractivity contribution in [3.63, 3.8) is 0 Å². The van der Waals surface area contributed by atoms with Crippen LogP contribution in [-0.4, -0.2) is 29.3 Å². The van der Waals surface area contributed by atoms with Crippen LogP contribution in [-0.2, 0) is 22.6 Å². The average molecular weight is 449 g/mol. The Morgan fingerprint density at radius 2 is 1.70 bits per heavy atom. The van der Waals surface area contributed by atoms with Crippen LogP contribution in [0.1, 0.15) is 48.9 Å². The Bertz CT molecular complexity index is 879. The molecule has 0 aliphatic rings. The number of amides is 2. The molecular weight excluding hydrogens is 419 g/mol. The first-order chi connectivity index (χ1) is 14.2. The number of nitrogens with one attached hydrogen (secondary N) is 1. The third-order valence-corrected chi connectivity index (χ3v) is 5.51. The molecule has 2 rings (SSSR count). The monoisotopic (exact) mass is 448 g/mol. The SMILES string of the molecule is CCCNC(=O)[C@@H](CC)N(Cc1ccc(Cl)cc1Cl)C(=O)Cc1cc(C)cc(C)c1. The molecule has 6 heteroatoms. The Morgan fingerprint density at radius 1 is 1.03 bits per heavy atom. The van der Waals surface area contributed by atoms with Gasteiger partial charge in [0.1, 0.15) is 6.04 Å². The summed E-state index contributed by atoms with van der Waals surface area (Å²) in [5.41, 5.74) is 3.92. The number of aryl methyl sites for hydroxylation is 2. The molecule has 30 heavy (non-hydrogen) atoms. The van der Waals surface area contributed by atoms with Crippen LogP contribution in [0.4, 0.5) is 0 Å². The van der Waals surface area contributed by atoms with Crippen LogP contribution in [0.25, 0.3) is 0 Å². The van der Waals surface area contributed by atoms with Gasteiger partial charge in [-0.25, -0.2) is 0 Å². The van der Waals surface area contributed by atoms with E-state index in [1.54, 1.807) is 23.1 Å².